The summed E-state index contributed by atoms with van der Waals surface area (Å²) in [5.41, 5.74) is 1.41. The molecule has 1 unspecified atom stereocenters. The number of carbonyl (C=O) groups is 2. The highest BCUT2D eigenvalue weighted by Crippen LogP contribution is 2.54. The molecule has 1 aliphatic carbocycles. The van der Waals surface area contributed by atoms with Crippen LogP contribution in [0.1, 0.15) is 27.9 Å². The standard InChI is InChI=1S/C18H16F2N4O2/c1-10-2-3-12-13(4-10)18(5-14(18)20)9-24(16(12)26)8-15(25)23-17-21-6-11(19)7-22-17/h2-4,6-7,14H,5,8-9H2,1H3,(H,21,22,23,25)/t14?,18-/m0/s1. The largest absolute Gasteiger partial charge is 0.328 e. The molecule has 1 fully saturated rings. The van der Waals surface area contributed by atoms with E-state index < -0.39 is 23.3 Å². The van der Waals surface area contributed by atoms with Gasteiger partial charge in [-0.2, -0.15) is 0 Å². The fourth-order valence-electron chi connectivity index (χ4n) is 3.47. The Kier molecular flexibility index (Phi) is 3.71. The number of alkyl halides is 1. The summed E-state index contributed by atoms with van der Waals surface area (Å²) in [5, 5.41) is 2.41. The van der Waals surface area contributed by atoms with Crippen molar-refractivity contribution in [2.45, 2.75) is 24.9 Å². The SMILES string of the molecule is Cc1ccc2c(c1)[C@]1(CC1F)CN(CC(=O)Nc1ncc(F)cn1)C2=O. The van der Waals surface area contributed by atoms with Crippen LogP contribution in [0.15, 0.2) is 30.6 Å². The minimum Gasteiger partial charge on any atom is -0.328 e. The maximum absolute atomic E-state index is 14.2. The number of benzene rings is 1. The first-order valence-electron chi connectivity index (χ1n) is 8.21. The molecule has 1 saturated carbocycles. The van der Waals surface area contributed by atoms with Crippen molar-refractivity contribution in [3.05, 3.63) is 53.1 Å². The number of hydrogen-bond donors (Lipinski definition) is 1. The Hall–Kier alpha value is -2.90. The second kappa shape index (κ2) is 5.82. The number of nitrogens with one attached hydrogen (secondary N) is 1. The van der Waals surface area contributed by atoms with Gasteiger partial charge in [0.15, 0.2) is 5.82 Å². The van der Waals surface area contributed by atoms with Crippen LogP contribution in [0.25, 0.3) is 0 Å². The number of amides is 2. The van der Waals surface area contributed by atoms with Crippen molar-refractivity contribution in [1.29, 1.82) is 0 Å². The van der Waals surface area contributed by atoms with Crippen LogP contribution < -0.4 is 5.32 Å². The topological polar surface area (TPSA) is 75.2 Å². The highest BCUT2D eigenvalue weighted by molar-refractivity contribution is 6.01. The maximum Gasteiger partial charge on any atom is 0.254 e. The lowest BCUT2D eigenvalue weighted by Gasteiger charge is -2.34. The van der Waals surface area contributed by atoms with Crippen molar-refractivity contribution in [3.63, 3.8) is 0 Å². The Morgan fingerprint density at radius 1 is 1.38 bits per heavy atom. The predicted molar refractivity (Wildman–Crippen MR) is 88.9 cm³/mol. The van der Waals surface area contributed by atoms with Gasteiger partial charge in [-0.05, 0) is 25.0 Å². The third-order valence-corrected chi connectivity index (χ3v) is 4.89. The fourth-order valence-corrected chi connectivity index (χ4v) is 3.47. The third kappa shape index (κ3) is 2.71. The molecular formula is C18H16F2N4O2. The van der Waals surface area contributed by atoms with Gasteiger partial charge in [0, 0.05) is 17.5 Å². The van der Waals surface area contributed by atoms with E-state index in [1.54, 1.807) is 12.1 Å². The second-order valence-corrected chi connectivity index (χ2v) is 6.81. The number of fused-ring (bicyclic) bond motifs is 2. The Labute approximate surface area is 148 Å². The molecule has 2 atom stereocenters. The molecule has 2 heterocycles. The molecule has 2 aliphatic rings. The molecule has 26 heavy (non-hydrogen) atoms. The zero-order valence-electron chi connectivity index (χ0n) is 14.0. The minimum absolute atomic E-state index is 0.0543. The molecule has 0 bridgehead atoms. The molecule has 2 aromatic rings. The van der Waals surface area contributed by atoms with E-state index in [-0.39, 0.29) is 24.9 Å². The van der Waals surface area contributed by atoms with Crippen LogP contribution in [0.3, 0.4) is 0 Å². The average molecular weight is 358 g/mol. The molecule has 0 saturated heterocycles. The first-order chi connectivity index (χ1) is 12.4. The van der Waals surface area contributed by atoms with E-state index in [4.69, 9.17) is 0 Å². The van der Waals surface area contributed by atoms with E-state index in [1.807, 2.05) is 13.0 Å². The van der Waals surface area contributed by atoms with Crippen molar-refractivity contribution in [1.82, 2.24) is 14.9 Å². The van der Waals surface area contributed by atoms with Gasteiger partial charge in [0.2, 0.25) is 11.9 Å². The lowest BCUT2D eigenvalue weighted by molar-refractivity contribution is -0.117. The van der Waals surface area contributed by atoms with Crippen LogP contribution in [0.4, 0.5) is 14.7 Å². The van der Waals surface area contributed by atoms with Gasteiger partial charge in [-0.25, -0.2) is 18.7 Å². The summed E-state index contributed by atoms with van der Waals surface area (Å²) < 4.78 is 27.0. The third-order valence-electron chi connectivity index (χ3n) is 4.89. The van der Waals surface area contributed by atoms with Crippen LogP contribution in [-0.4, -0.2) is 45.9 Å². The molecule has 0 radical (unpaired) electrons. The molecule has 6 nitrogen and oxygen atoms in total. The minimum atomic E-state index is -1.03. The number of anilines is 1. The van der Waals surface area contributed by atoms with Crippen molar-refractivity contribution < 1.29 is 18.4 Å². The quantitative estimate of drug-likeness (QED) is 0.911. The van der Waals surface area contributed by atoms with Crippen molar-refractivity contribution in [3.8, 4) is 0 Å². The molecule has 4 rings (SSSR count). The molecule has 1 N–H and O–H groups in total. The summed E-state index contributed by atoms with van der Waals surface area (Å²) in [7, 11) is 0. The van der Waals surface area contributed by atoms with E-state index in [0.717, 1.165) is 23.5 Å². The van der Waals surface area contributed by atoms with E-state index in [1.165, 1.54) is 4.90 Å². The number of rotatable bonds is 3. The lowest BCUT2D eigenvalue weighted by Crippen LogP contribution is -2.47. The maximum atomic E-state index is 14.2. The van der Waals surface area contributed by atoms with Gasteiger partial charge in [-0.3, -0.25) is 14.9 Å². The van der Waals surface area contributed by atoms with E-state index in [0.29, 0.717) is 12.0 Å². The molecular weight excluding hydrogens is 342 g/mol. The number of aryl methyl sites for hydroxylation is 1. The van der Waals surface area contributed by atoms with Crippen molar-refractivity contribution in [2.75, 3.05) is 18.4 Å². The van der Waals surface area contributed by atoms with Gasteiger partial charge < -0.3 is 4.90 Å². The predicted octanol–water partition coefficient (Wildman–Crippen LogP) is 2.00. The summed E-state index contributed by atoms with van der Waals surface area (Å²) in [5.74, 6) is -1.50. The average Bonchev–Trinajstić information content (AvgIpc) is 3.25. The van der Waals surface area contributed by atoms with Gasteiger partial charge in [-0.15, -0.1) is 0 Å². The zero-order chi connectivity index (χ0) is 18.5. The van der Waals surface area contributed by atoms with Crippen molar-refractivity contribution >= 4 is 17.8 Å². The Balaban J connectivity index is 1.54. The fraction of sp³-hybridized carbons (Fsp3) is 0.333. The second-order valence-electron chi connectivity index (χ2n) is 6.81. The molecule has 2 amide bonds. The molecule has 1 aliphatic heterocycles. The number of nitrogens with zero attached hydrogens (tertiary/aromatic N) is 3. The summed E-state index contributed by atoms with van der Waals surface area (Å²) >= 11 is 0. The highest BCUT2D eigenvalue weighted by Gasteiger charge is 2.61. The zero-order valence-corrected chi connectivity index (χ0v) is 14.0. The van der Waals surface area contributed by atoms with Gasteiger partial charge in [0.05, 0.1) is 12.4 Å². The molecule has 1 aromatic heterocycles. The van der Waals surface area contributed by atoms with Gasteiger partial charge in [0.25, 0.3) is 5.91 Å². The van der Waals surface area contributed by atoms with Crippen LogP contribution in [-0.2, 0) is 10.2 Å². The van der Waals surface area contributed by atoms with E-state index in [9.17, 15) is 18.4 Å². The first kappa shape index (κ1) is 16.6. The lowest BCUT2D eigenvalue weighted by atomic mass is 9.85. The van der Waals surface area contributed by atoms with Gasteiger partial charge >= 0.3 is 0 Å². The number of aromatic nitrogens is 2. The first-order valence-corrected chi connectivity index (χ1v) is 8.21. The van der Waals surface area contributed by atoms with E-state index >= 15 is 0 Å². The van der Waals surface area contributed by atoms with Crippen LogP contribution >= 0.6 is 0 Å². The Morgan fingerprint density at radius 2 is 2.08 bits per heavy atom. The van der Waals surface area contributed by atoms with Crippen LogP contribution in [0.5, 0.6) is 0 Å². The molecule has 8 heteroatoms. The number of carbonyl (C=O) groups excluding carboxylic acids is 2. The summed E-state index contributed by atoms with van der Waals surface area (Å²) in [6, 6.07) is 5.35. The van der Waals surface area contributed by atoms with Gasteiger partial charge in [-0.1, -0.05) is 17.7 Å². The Bertz CT molecular complexity index is 903. The summed E-state index contributed by atoms with van der Waals surface area (Å²) in [6.07, 6.45) is 1.18. The normalized spacial score (nSPS) is 23.7. The molecule has 1 spiro atoms. The summed E-state index contributed by atoms with van der Waals surface area (Å²) in [6.45, 7) is 1.80. The highest BCUT2D eigenvalue weighted by atomic mass is 19.1. The monoisotopic (exact) mass is 358 g/mol. The van der Waals surface area contributed by atoms with E-state index in [2.05, 4.69) is 15.3 Å². The summed E-state index contributed by atoms with van der Waals surface area (Å²) in [4.78, 5) is 33.6. The number of halogens is 2. The Morgan fingerprint density at radius 3 is 2.73 bits per heavy atom. The number of hydrogen-bond acceptors (Lipinski definition) is 4. The smallest absolute Gasteiger partial charge is 0.254 e. The molecule has 134 valence electrons. The van der Waals surface area contributed by atoms with Crippen LogP contribution in [0, 0.1) is 12.7 Å². The molecule has 1 aromatic carbocycles. The van der Waals surface area contributed by atoms with Gasteiger partial charge in [0.1, 0.15) is 12.7 Å². The van der Waals surface area contributed by atoms with Crippen molar-refractivity contribution in [2.24, 2.45) is 0 Å². The van der Waals surface area contributed by atoms with Crippen LogP contribution in [0.2, 0.25) is 0 Å².